The van der Waals surface area contributed by atoms with Crippen molar-refractivity contribution in [2.75, 3.05) is 0 Å². The quantitative estimate of drug-likeness (QED) is 0.257. The Bertz CT molecular complexity index is 427. The number of hydrogen-bond donors (Lipinski definition) is 0. The van der Waals surface area contributed by atoms with Crippen LogP contribution in [-0.4, -0.2) is 6.08 Å². The summed E-state index contributed by atoms with van der Waals surface area (Å²) in [6, 6.07) is 0. The highest BCUT2D eigenvalue weighted by molar-refractivity contribution is 6.30. The van der Waals surface area contributed by atoms with Gasteiger partial charge in [-0.1, -0.05) is 11.6 Å². The van der Waals surface area contributed by atoms with E-state index in [1.54, 1.807) is 0 Å². The zero-order valence-electron chi connectivity index (χ0n) is 6.95. The summed E-state index contributed by atoms with van der Waals surface area (Å²) in [5.41, 5.74) is -1.00. The summed E-state index contributed by atoms with van der Waals surface area (Å²) in [7, 11) is 0. The number of carbonyl (C=O) groups excluding carboxylic acids is 1. The summed E-state index contributed by atoms with van der Waals surface area (Å²) in [5.74, 6) is -6.77. The smallest absolute Gasteiger partial charge is 0.211 e. The number of rotatable bonds is 2. The maximum Gasteiger partial charge on any atom is 0.235 e. The summed E-state index contributed by atoms with van der Waals surface area (Å²) in [6.45, 7) is -0.841. The highest BCUT2D eigenvalue weighted by Crippen LogP contribution is 2.27. The molecule has 0 bridgehead atoms. The molecule has 0 amide bonds. The van der Waals surface area contributed by atoms with E-state index in [-0.39, 0.29) is 0 Å². The molecule has 0 heterocycles. The molecule has 0 fully saturated rings. The lowest BCUT2D eigenvalue weighted by molar-refractivity contribution is 0.440. The predicted molar refractivity (Wildman–Crippen MR) is 43.1 cm³/mol. The lowest BCUT2D eigenvalue weighted by Gasteiger charge is -2.05. The molecule has 0 aromatic heterocycles. The number of halogens is 5. The van der Waals surface area contributed by atoms with Crippen molar-refractivity contribution in [3.8, 4) is 0 Å². The van der Waals surface area contributed by atoms with Crippen molar-refractivity contribution in [1.29, 1.82) is 0 Å². The van der Waals surface area contributed by atoms with E-state index in [4.69, 9.17) is 11.6 Å². The molecular formula is C8H2ClF4NO. The van der Waals surface area contributed by atoms with Crippen LogP contribution in [0.4, 0.5) is 17.6 Å². The van der Waals surface area contributed by atoms with E-state index in [1.807, 2.05) is 0 Å². The molecule has 0 unspecified atom stereocenters. The first-order valence-electron chi connectivity index (χ1n) is 3.54. The molecular weight excluding hydrogens is 238 g/mol. The second kappa shape index (κ2) is 4.42. The van der Waals surface area contributed by atoms with E-state index >= 15 is 0 Å². The Hall–Kier alpha value is -1.39. The minimum atomic E-state index is -1.72. The van der Waals surface area contributed by atoms with Crippen LogP contribution in [0.2, 0.25) is 5.02 Å². The minimum absolute atomic E-state index is 0.841. The standard InChI is InChI=1S/C8H2ClF4NO/c9-4-7(12)5(10)3(1-14-2-15)6(11)8(4)13/h1H2. The van der Waals surface area contributed by atoms with Crippen molar-refractivity contribution in [2.45, 2.75) is 6.54 Å². The van der Waals surface area contributed by atoms with Crippen molar-refractivity contribution in [2.24, 2.45) is 4.99 Å². The van der Waals surface area contributed by atoms with Crippen LogP contribution in [0.3, 0.4) is 0 Å². The van der Waals surface area contributed by atoms with Crippen molar-refractivity contribution < 1.29 is 22.4 Å². The number of benzene rings is 1. The third kappa shape index (κ3) is 2.00. The molecule has 1 rings (SSSR count). The van der Waals surface area contributed by atoms with Crippen molar-refractivity contribution in [3.05, 3.63) is 33.9 Å². The molecule has 1 aromatic carbocycles. The van der Waals surface area contributed by atoms with Crippen LogP contribution in [0, 0.1) is 23.3 Å². The summed E-state index contributed by atoms with van der Waals surface area (Å²) in [6.07, 6.45) is 0.988. The van der Waals surface area contributed by atoms with E-state index in [9.17, 15) is 22.4 Å². The number of aliphatic imine (C=N–C) groups is 1. The fourth-order valence-corrected chi connectivity index (χ4v) is 1.07. The number of nitrogens with zero attached hydrogens (tertiary/aromatic N) is 1. The van der Waals surface area contributed by atoms with Crippen LogP contribution in [0.15, 0.2) is 4.99 Å². The topological polar surface area (TPSA) is 29.4 Å². The van der Waals surface area contributed by atoms with E-state index in [2.05, 4.69) is 4.99 Å². The van der Waals surface area contributed by atoms with Gasteiger partial charge in [0.2, 0.25) is 6.08 Å². The maximum absolute atomic E-state index is 13.0. The van der Waals surface area contributed by atoms with Crippen LogP contribution < -0.4 is 0 Å². The van der Waals surface area contributed by atoms with Gasteiger partial charge in [0, 0.05) is 0 Å². The summed E-state index contributed by atoms with van der Waals surface area (Å²) in [4.78, 5) is 12.5. The molecule has 0 aliphatic carbocycles. The second-order valence-corrected chi connectivity index (χ2v) is 2.83. The third-order valence-corrected chi connectivity index (χ3v) is 1.93. The van der Waals surface area contributed by atoms with Gasteiger partial charge in [0.1, 0.15) is 5.02 Å². The molecule has 15 heavy (non-hydrogen) atoms. The normalized spacial score (nSPS) is 9.93. The van der Waals surface area contributed by atoms with E-state index in [1.165, 1.54) is 0 Å². The Balaban J connectivity index is 3.44. The Labute approximate surface area is 86.2 Å². The monoisotopic (exact) mass is 239 g/mol. The highest BCUT2D eigenvalue weighted by atomic mass is 35.5. The molecule has 0 spiro atoms. The van der Waals surface area contributed by atoms with E-state index in [0.29, 0.717) is 0 Å². The SMILES string of the molecule is O=C=NCc1c(F)c(F)c(Cl)c(F)c1F. The second-order valence-electron chi connectivity index (χ2n) is 2.46. The molecule has 2 nitrogen and oxygen atoms in total. The van der Waals surface area contributed by atoms with Gasteiger partial charge in [0.15, 0.2) is 23.3 Å². The van der Waals surface area contributed by atoms with Crippen molar-refractivity contribution >= 4 is 17.7 Å². The van der Waals surface area contributed by atoms with Crippen LogP contribution in [0.25, 0.3) is 0 Å². The minimum Gasteiger partial charge on any atom is -0.211 e. The molecule has 0 radical (unpaired) electrons. The van der Waals surface area contributed by atoms with Gasteiger partial charge in [-0.2, -0.15) is 0 Å². The number of isocyanates is 1. The first kappa shape index (κ1) is 11.7. The Kier molecular flexibility index (Phi) is 3.44. The molecule has 0 atom stereocenters. The van der Waals surface area contributed by atoms with Gasteiger partial charge < -0.3 is 0 Å². The Morgan fingerprint density at radius 2 is 1.53 bits per heavy atom. The van der Waals surface area contributed by atoms with Gasteiger partial charge in [0.25, 0.3) is 0 Å². The Morgan fingerprint density at radius 3 is 1.93 bits per heavy atom. The van der Waals surface area contributed by atoms with Gasteiger partial charge >= 0.3 is 0 Å². The van der Waals surface area contributed by atoms with Crippen molar-refractivity contribution in [3.63, 3.8) is 0 Å². The first-order valence-corrected chi connectivity index (χ1v) is 3.92. The van der Waals surface area contributed by atoms with Crippen molar-refractivity contribution in [1.82, 2.24) is 0 Å². The predicted octanol–water partition coefficient (Wildman–Crippen LogP) is 2.73. The molecule has 1 aromatic rings. The zero-order valence-corrected chi connectivity index (χ0v) is 7.71. The fraction of sp³-hybridized carbons (Fsp3) is 0.125. The Morgan fingerprint density at radius 1 is 1.07 bits per heavy atom. The third-order valence-electron chi connectivity index (χ3n) is 1.60. The van der Waals surface area contributed by atoms with Gasteiger partial charge in [-0.25, -0.2) is 27.3 Å². The summed E-state index contributed by atoms with van der Waals surface area (Å²) < 4.78 is 51.6. The average Bonchev–Trinajstić information content (AvgIpc) is 2.24. The van der Waals surface area contributed by atoms with Crippen LogP contribution >= 0.6 is 11.6 Å². The van der Waals surface area contributed by atoms with E-state index < -0.39 is 40.4 Å². The largest absolute Gasteiger partial charge is 0.235 e. The average molecular weight is 240 g/mol. The van der Waals surface area contributed by atoms with Gasteiger partial charge in [-0.05, 0) is 0 Å². The van der Waals surface area contributed by atoms with Gasteiger partial charge in [-0.3, -0.25) is 0 Å². The fourth-order valence-electron chi connectivity index (χ4n) is 0.901. The van der Waals surface area contributed by atoms with Gasteiger partial charge in [0.05, 0.1) is 12.1 Å². The molecule has 0 saturated heterocycles. The molecule has 80 valence electrons. The zero-order chi connectivity index (χ0) is 11.6. The lowest BCUT2D eigenvalue weighted by Crippen LogP contribution is -2.03. The number of hydrogen-bond acceptors (Lipinski definition) is 2. The maximum atomic E-state index is 13.0. The molecule has 0 aliphatic rings. The summed E-state index contributed by atoms with van der Waals surface area (Å²) >= 11 is 4.96. The van der Waals surface area contributed by atoms with E-state index in [0.717, 1.165) is 6.08 Å². The molecule has 0 N–H and O–H groups in total. The van der Waals surface area contributed by atoms with Crippen LogP contribution in [0.5, 0.6) is 0 Å². The molecule has 7 heteroatoms. The molecule has 0 aliphatic heterocycles. The first-order chi connectivity index (χ1) is 7.00. The lowest BCUT2D eigenvalue weighted by atomic mass is 10.2. The highest BCUT2D eigenvalue weighted by Gasteiger charge is 2.23. The van der Waals surface area contributed by atoms with Crippen LogP contribution in [-0.2, 0) is 11.3 Å². The molecule has 0 saturated carbocycles. The summed E-state index contributed by atoms with van der Waals surface area (Å²) in [5, 5.41) is -1.27. The van der Waals surface area contributed by atoms with Crippen LogP contribution in [0.1, 0.15) is 5.56 Å². The van der Waals surface area contributed by atoms with Gasteiger partial charge in [-0.15, -0.1) is 0 Å².